The highest BCUT2D eigenvalue weighted by Gasteiger charge is 2.23. The topological polar surface area (TPSA) is 86.3 Å². The Labute approximate surface area is 176 Å². The number of hydrogen-bond donors (Lipinski definition) is 2. The van der Waals surface area contributed by atoms with Crippen molar-refractivity contribution in [2.75, 3.05) is 60.0 Å². The van der Waals surface area contributed by atoms with Crippen LogP contribution in [0.1, 0.15) is 52.4 Å². The Balaban J connectivity index is 2.09. The third kappa shape index (κ3) is 11.1. The summed E-state index contributed by atoms with van der Waals surface area (Å²) < 4.78 is 5.03. The predicted molar refractivity (Wildman–Crippen MR) is 117 cm³/mol. The van der Waals surface area contributed by atoms with E-state index < -0.39 is 0 Å². The number of unbranched alkanes of at least 4 members (excludes halogenated alkanes) is 2. The number of guanidine groups is 1. The highest BCUT2D eigenvalue weighted by molar-refractivity contribution is 5.79. The van der Waals surface area contributed by atoms with Crippen LogP contribution in [0.5, 0.6) is 0 Å². The van der Waals surface area contributed by atoms with Crippen molar-refractivity contribution in [1.29, 1.82) is 0 Å². The van der Waals surface area contributed by atoms with E-state index in [2.05, 4.69) is 29.5 Å². The molecular formula is C21H41N5O3. The molecule has 1 saturated heterocycles. The molecule has 2 N–H and O–H groups in total. The van der Waals surface area contributed by atoms with E-state index in [-0.39, 0.29) is 11.8 Å². The minimum absolute atomic E-state index is 0.211. The van der Waals surface area contributed by atoms with Gasteiger partial charge in [-0.25, -0.2) is 0 Å². The first-order valence-electron chi connectivity index (χ1n) is 11.0. The number of ether oxygens (including phenoxy) is 1. The van der Waals surface area contributed by atoms with Gasteiger partial charge in [-0.05, 0) is 25.2 Å². The average molecular weight is 412 g/mol. The molecule has 0 atom stereocenters. The fraction of sp³-hybridized carbons (Fsp3) is 0.857. The zero-order valence-corrected chi connectivity index (χ0v) is 18.8. The lowest BCUT2D eigenvalue weighted by Gasteiger charge is -2.35. The number of carbonyl (C=O) groups excluding carboxylic acids is 2. The summed E-state index contributed by atoms with van der Waals surface area (Å²) in [6, 6.07) is 0. The second-order valence-corrected chi connectivity index (χ2v) is 7.94. The van der Waals surface area contributed by atoms with Crippen molar-refractivity contribution in [3.8, 4) is 0 Å². The largest absolute Gasteiger partial charge is 0.385 e. The van der Waals surface area contributed by atoms with Gasteiger partial charge >= 0.3 is 0 Å². The van der Waals surface area contributed by atoms with Crippen LogP contribution >= 0.6 is 0 Å². The van der Waals surface area contributed by atoms with Gasteiger partial charge in [0.05, 0.1) is 0 Å². The van der Waals surface area contributed by atoms with Crippen LogP contribution in [0.3, 0.4) is 0 Å². The molecule has 0 spiro atoms. The summed E-state index contributed by atoms with van der Waals surface area (Å²) in [5, 5.41) is 6.54. The van der Waals surface area contributed by atoms with Gasteiger partial charge in [0.2, 0.25) is 11.8 Å². The van der Waals surface area contributed by atoms with E-state index in [1.807, 2.05) is 9.80 Å². The Hall–Kier alpha value is -1.83. The van der Waals surface area contributed by atoms with Gasteiger partial charge in [-0.1, -0.05) is 20.3 Å². The molecule has 168 valence electrons. The van der Waals surface area contributed by atoms with E-state index in [0.29, 0.717) is 44.9 Å². The Morgan fingerprint density at radius 2 is 1.52 bits per heavy atom. The zero-order valence-electron chi connectivity index (χ0n) is 18.8. The van der Waals surface area contributed by atoms with Gasteiger partial charge in [0.1, 0.15) is 0 Å². The Bertz CT molecular complexity index is 503. The van der Waals surface area contributed by atoms with Crippen LogP contribution in [-0.2, 0) is 14.3 Å². The minimum atomic E-state index is 0.211. The van der Waals surface area contributed by atoms with Gasteiger partial charge in [-0.15, -0.1) is 0 Å². The van der Waals surface area contributed by atoms with Crippen molar-refractivity contribution < 1.29 is 14.3 Å². The monoisotopic (exact) mass is 411 g/mol. The summed E-state index contributed by atoms with van der Waals surface area (Å²) in [4.78, 5) is 32.5. The smallest absolute Gasteiger partial charge is 0.222 e. The van der Waals surface area contributed by atoms with Crippen LogP contribution in [0.4, 0.5) is 0 Å². The van der Waals surface area contributed by atoms with Crippen molar-refractivity contribution in [2.24, 2.45) is 10.9 Å². The van der Waals surface area contributed by atoms with Crippen LogP contribution < -0.4 is 10.6 Å². The zero-order chi connectivity index (χ0) is 21.5. The van der Waals surface area contributed by atoms with Crippen molar-refractivity contribution in [3.05, 3.63) is 0 Å². The highest BCUT2D eigenvalue weighted by atomic mass is 16.5. The van der Waals surface area contributed by atoms with E-state index in [1.165, 1.54) is 0 Å². The van der Waals surface area contributed by atoms with E-state index in [1.54, 1.807) is 14.2 Å². The lowest BCUT2D eigenvalue weighted by atomic mass is 10.1. The van der Waals surface area contributed by atoms with E-state index in [4.69, 9.17) is 4.74 Å². The molecule has 0 aliphatic carbocycles. The molecule has 0 aromatic carbocycles. The Morgan fingerprint density at radius 3 is 2.07 bits per heavy atom. The number of nitrogens with one attached hydrogen (secondary N) is 2. The molecule has 0 aromatic rings. The maximum atomic E-state index is 12.4. The Kier molecular flexibility index (Phi) is 13.1. The maximum absolute atomic E-state index is 12.4. The van der Waals surface area contributed by atoms with Gasteiger partial charge in [0.25, 0.3) is 0 Å². The molecule has 1 heterocycles. The van der Waals surface area contributed by atoms with E-state index in [9.17, 15) is 9.59 Å². The van der Waals surface area contributed by atoms with Crippen molar-refractivity contribution >= 4 is 17.8 Å². The third-order valence-corrected chi connectivity index (χ3v) is 4.97. The third-order valence-electron chi connectivity index (χ3n) is 4.97. The van der Waals surface area contributed by atoms with Crippen LogP contribution in [0, 0.1) is 5.92 Å². The number of piperazine rings is 1. The summed E-state index contributed by atoms with van der Waals surface area (Å²) in [6.07, 6.45) is 5.03. The number of methoxy groups -OCH3 is 1. The summed E-state index contributed by atoms with van der Waals surface area (Å²) in [7, 11) is 3.47. The molecule has 0 unspecified atom stereocenters. The normalized spacial score (nSPS) is 15.0. The first kappa shape index (κ1) is 25.2. The van der Waals surface area contributed by atoms with Gasteiger partial charge in [0, 0.05) is 72.9 Å². The van der Waals surface area contributed by atoms with Crippen LogP contribution in [-0.4, -0.2) is 87.6 Å². The molecule has 1 rings (SSSR count). The Morgan fingerprint density at radius 1 is 0.931 bits per heavy atom. The number of rotatable bonds is 12. The van der Waals surface area contributed by atoms with Gasteiger partial charge in [-0.3, -0.25) is 14.6 Å². The molecule has 1 aliphatic rings. The molecule has 8 nitrogen and oxygen atoms in total. The fourth-order valence-corrected chi connectivity index (χ4v) is 3.27. The van der Waals surface area contributed by atoms with Gasteiger partial charge in [-0.2, -0.15) is 0 Å². The average Bonchev–Trinajstić information content (AvgIpc) is 2.71. The summed E-state index contributed by atoms with van der Waals surface area (Å²) in [5.74, 6) is 1.61. The van der Waals surface area contributed by atoms with Gasteiger partial charge < -0.3 is 25.2 Å². The van der Waals surface area contributed by atoms with Crippen LogP contribution in [0.25, 0.3) is 0 Å². The summed E-state index contributed by atoms with van der Waals surface area (Å²) in [5.41, 5.74) is 0. The molecule has 0 saturated carbocycles. The number of nitrogens with zero attached hydrogens (tertiary/aromatic N) is 3. The number of carbonyl (C=O) groups is 2. The molecule has 0 aromatic heterocycles. The molecule has 1 aliphatic heterocycles. The minimum Gasteiger partial charge on any atom is -0.385 e. The fourth-order valence-electron chi connectivity index (χ4n) is 3.27. The molecule has 2 amide bonds. The molecule has 0 radical (unpaired) electrons. The predicted octanol–water partition coefficient (Wildman–Crippen LogP) is 1.47. The SMILES string of the molecule is CN=C(NCCCCCC(=O)N1CCN(C(=O)CC(C)C)CC1)NCCCOC. The first-order chi connectivity index (χ1) is 14.0. The number of hydrogen-bond acceptors (Lipinski definition) is 4. The standard InChI is InChI=1S/C21H41N5O3/c1-18(2)17-20(28)26-14-12-25(13-15-26)19(27)9-6-5-7-10-23-21(22-3)24-11-8-16-29-4/h18H,5-17H2,1-4H3,(H2,22,23,24). The van der Waals surface area contributed by atoms with Crippen molar-refractivity contribution in [1.82, 2.24) is 20.4 Å². The number of amides is 2. The van der Waals surface area contributed by atoms with E-state index >= 15 is 0 Å². The quantitative estimate of drug-likeness (QED) is 0.288. The highest BCUT2D eigenvalue weighted by Crippen LogP contribution is 2.10. The summed E-state index contributed by atoms with van der Waals surface area (Å²) in [6.45, 7) is 9.18. The number of aliphatic imine (C=N–C) groups is 1. The van der Waals surface area contributed by atoms with Crippen molar-refractivity contribution in [3.63, 3.8) is 0 Å². The lowest BCUT2D eigenvalue weighted by molar-refractivity contribution is -0.140. The van der Waals surface area contributed by atoms with Crippen LogP contribution in [0.2, 0.25) is 0 Å². The van der Waals surface area contributed by atoms with E-state index in [0.717, 1.165) is 51.3 Å². The molecule has 0 bridgehead atoms. The second-order valence-electron chi connectivity index (χ2n) is 7.94. The molecule has 8 heteroatoms. The van der Waals surface area contributed by atoms with Crippen LogP contribution in [0.15, 0.2) is 4.99 Å². The molecule has 29 heavy (non-hydrogen) atoms. The molecule has 1 fully saturated rings. The van der Waals surface area contributed by atoms with Gasteiger partial charge in [0.15, 0.2) is 5.96 Å². The lowest BCUT2D eigenvalue weighted by Crippen LogP contribution is -2.50. The second kappa shape index (κ2) is 15.1. The van der Waals surface area contributed by atoms with Crippen molar-refractivity contribution in [2.45, 2.75) is 52.4 Å². The summed E-state index contributed by atoms with van der Waals surface area (Å²) >= 11 is 0. The molecular weight excluding hydrogens is 370 g/mol. The maximum Gasteiger partial charge on any atom is 0.222 e. The first-order valence-corrected chi connectivity index (χ1v) is 11.0.